The third-order valence-electron chi connectivity index (χ3n) is 10.8. The average Bonchev–Trinajstić information content (AvgIpc) is 3.24. The van der Waals surface area contributed by atoms with Crippen LogP contribution < -0.4 is 0 Å². The van der Waals surface area contributed by atoms with Gasteiger partial charge in [0.1, 0.15) is 43.2 Å². The maximum absolute atomic E-state index is 12.8. The minimum Gasteiger partial charge on any atom is -0.462 e. The lowest BCUT2D eigenvalue weighted by atomic mass is 9.85. The SMILES string of the molecule is CC/C=C/C=C/C=C/C=C/CCCCCC(=O)OC(COC(=O)CCCCCCCCCCCCCCCCCCCCC)COP(=O)(O)OC1C(O)C(O)C(O)[C@H](O)C1O. The number of rotatable bonds is 38. The van der Waals surface area contributed by atoms with Crippen LogP contribution in [0.1, 0.15) is 181 Å². The zero-order chi connectivity index (χ0) is 45.0. The summed E-state index contributed by atoms with van der Waals surface area (Å²) in [5.74, 6) is -1.14. The molecule has 0 amide bonds. The van der Waals surface area contributed by atoms with Crippen molar-refractivity contribution in [3.8, 4) is 0 Å². The molecule has 1 aliphatic carbocycles. The topological polar surface area (TPSA) is 210 Å². The number of hydrogen-bond acceptors (Lipinski definition) is 12. The van der Waals surface area contributed by atoms with Crippen molar-refractivity contribution in [2.75, 3.05) is 13.2 Å². The molecule has 7 unspecified atom stereocenters. The third-order valence-corrected chi connectivity index (χ3v) is 11.8. The van der Waals surface area contributed by atoms with Crippen LogP contribution in [-0.2, 0) is 32.7 Å². The molecular formula is C47H83O13P. The van der Waals surface area contributed by atoms with E-state index >= 15 is 0 Å². The number of carbonyl (C=O) groups is 2. The summed E-state index contributed by atoms with van der Waals surface area (Å²) in [7, 11) is -5.13. The van der Waals surface area contributed by atoms with E-state index in [-0.39, 0.29) is 12.8 Å². The highest BCUT2D eigenvalue weighted by Gasteiger charge is 2.51. The second-order valence-electron chi connectivity index (χ2n) is 16.3. The fraction of sp³-hybridized carbons (Fsp3) is 0.787. The molecule has 1 rings (SSSR count). The van der Waals surface area contributed by atoms with Crippen LogP contribution in [0.3, 0.4) is 0 Å². The van der Waals surface area contributed by atoms with E-state index < -0.39 is 75.7 Å². The summed E-state index contributed by atoms with van der Waals surface area (Å²) in [6.07, 6.45) is 30.4. The van der Waals surface area contributed by atoms with Crippen molar-refractivity contribution >= 4 is 19.8 Å². The lowest BCUT2D eigenvalue weighted by molar-refractivity contribution is -0.220. The maximum Gasteiger partial charge on any atom is 0.472 e. The normalized spacial score (nSPS) is 22.4. The van der Waals surface area contributed by atoms with Gasteiger partial charge < -0.3 is 39.9 Å². The van der Waals surface area contributed by atoms with Gasteiger partial charge in [-0.05, 0) is 32.1 Å². The van der Waals surface area contributed by atoms with Gasteiger partial charge >= 0.3 is 19.8 Å². The van der Waals surface area contributed by atoms with E-state index in [0.29, 0.717) is 12.8 Å². The highest BCUT2D eigenvalue weighted by molar-refractivity contribution is 7.47. The predicted molar refractivity (Wildman–Crippen MR) is 239 cm³/mol. The minimum absolute atomic E-state index is 0.0509. The summed E-state index contributed by atoms with van der Waals surface area (Å²) >= 11 is 0. The van der Waals surface area contributed by atoms with Crippen molar-refractivity contribution in [3.05, 3.63) is 48.6 Å². The van der Waals surface area contributed by atoms with Crippen LogP contribution in [0.15, 0.2) is 48.6 Å². The smallest absolute Gasteiger partial charge is 0.462 e. The Bertz CT molecular complexity index is 1250. The van der Waals surface area contributed by atoms with Crippen LogP contribution in [0.4, 0.5) is 0 Å². The number of allylic oxidation sites excluding steroid dienone is 8. The number of carbonyl (C=O) groups excluding carboxylic acids is 2. The van der Waals surface area contributed by atoms with Gasteiger partial charge in [-0.15, -0.1) is 0 Å². The van der Waals surface area contributed by atoms with E-state index in [0.717, 1.165) is 44.9 Å². The molecule has 0 aromatic heterocycles. The van der Waals surface area contributed by atoms with Crippen LogP contribution in [0, 0.1) is 0 Å². The molecule has 14 heteroatoms. The van der Waals surface area contributed by atoms with E-state index in [1.807, 2.05) is 42.5 Å². The van der Waals surface area contributed by atoms with Gasteiger partial charge in [0.05, 0.1) is 6.61 Å². The van der Waals surface area contributed by atoms with Crippen molar-refractivity contribution in [2.45, 2.75) is 224 Å². The fourth-order valence-corrected chi connectivity index (χ4v) is 7.98. The molecule has 0 heterocycles. The van der Waals surface area contributed by atoms with Gasteiger partial charge in [-0.1, -0.05) is 184 Å². The van der Waals surface area contributed by atoms with Crippen LogP contribution in [0.2, 0.25) is 0 Å². The van der Waals surface area contributed by atoms with Crippen molar-refractivity contribution in [2.24, 2.45) is 0 Å². The van der Waals surface area contributed by atoms with Gasteiger partial charge in [0.2, 0.25) is 0 Å². The van der Waals surface area contributed by atoms with Crippen LogP contribution in [-0.4, -0.2) is 98.3 Å². The van der Waals surface area contributed by atoms with Gasteiger partial charge in [-0.3, -0.25) is 18.6 Å². The predicted octanol–water partition coefficient (Wildman–Crippen LogP) is 9.17. The molecule has 0 bridgehead atoms. The summed E-state index contributed by atoms with van der Waals surface area (Å²) in [6, 6.07) is 0. The van der Waals surface area contributed by atoms with Crippen molar-refractivity contribution in [1.82, 2.24) is 0 Å². The van der Waals surface area contributed by atoms with Crippen LogP contribution >= 0.6 is 7.82 Å². The molecule has 13 nitrogen and oxygen atoms in total. The quantitative estimate of drug-likeness (QED) is 0.0148. The molecule has 6 N–H and O–H groups in total. The Balaban J connectivity index is 2.43. The van der Waals surface area contributed by atoms with Gasteiger partial charge in [0.15, 0.2) is 6.10 Å². The molecule has 0 saturated heterocycles. The molecule has 8 atom stereocenters. The minimum atomic E-state index is -5.13. The lowest BCUT2D eigenvalue weighted by Crippen LogP contribution is -2.64. The van der Waals surface area contributed by atoms with Crippen LogP contribution in [0.25, 0.3) is 0 Å². The van der Waals surface area contributed by atoms with Crippen molar-refractivity contribution in [3.63, 3.8) is 0 Å². The Labute approximate surface area is 367 Å². The van der Waals surface area contributed by atoms with Gasteiger partial charge in [-0.25, -0.2) is 4.57 Å². The number of aliphatic hydroxyl groups is 5. The largest absolute Gasteiger partial charge is 0.472 e. The number of esters is 2. The monoisotopic (exact) mass is 887 g/mol. The first kappa shape index (κ1) is 56.8. The maximum atomic E-state index is 12.8. The molecule has 0 radical (unpaired) electrons. The van der Waals surface area contributed by atoms with Crippen molar-refractivity contribution in [1.29, 1.82) is 0 Å². The van der Waals surface area contributed by atoms with E-state index in [1.54, 1.807) is 0 Å². The molecule has 0 aromatic rings. The highest BCUT2D eigenvalue weighted by atomic mass is 31.2. The second kappa shape index (κ2) is 37.2. The van der Waals surface area contributed by atoms with E-state index in [9.17, 15) is 44.6 Å². The average molecular weight is 887 g/mol. The number of unbranched alkanes of at least 4 members (excludes halogenated alkanes) is 21. The second-order valence-corrected chi connectivity index (χ2v) is 17.7. The fourth-order valence-electron chi connectivity index (χ4n) is 7.00. The molecule has 0 spiro atoms. The molecule has 0 aromatic carbocycles. The Morgan fingerprint density at radius 1 is 0.525 bits per heavy atom. The molecule has 61 heavy (non-hydrogen) atoms. The summed E-state index contributed by atoms with van der Waals surface area (Å²) in [5.41, 5.74) is 0. The number of phosphoric ester groups is 1. The number of phosphoric acid groups is 1. The molecule has 0 aliphatic heterocycles. The van der Waals surface area contributed by atoms with E-state index in [2.05, 4.69) is 19.9 Å². The van der Waals surface area contributed by atoms with Gasteiger partial charge in [0.25, 0.3) is 0 Å². The Hall–Kier alpha value is -2.19. The van der Waals surface area contributed by atoms with E-state index in [4.69, 9.17) is 18.5 Å². The highest BCUT2D eigenvalue weighted by Crippen LogP contribution is 2.47. The summed E-state index contributed by atoms with van der Waals surface area (Å²) < 4.78 is 33.5. The van der Waals surface area contributed by atoms with Crippen molar-refractivity contribution < 1.29 is 63.1 Å². The molecular weight excluding hydrogens is 803 g/mol. The Morgan fingerprint density at radius 3 is 1.43 bits per heavy atom. The van der Waals surface area contributed by atoms with Gasteiger partial charge in [-0.2, -0.15) is 0 Å². The number of hydrogen-bond donors (Lipinski definition) is 6. The Morgan fingerprint density at radius 2 is 0.934 bits per heavy atom. The first-order chi connectivity index (χ1) is 29.4. The summed E-state index contributed by atoms with van der Waals surface area (Å²) in [5, 5.41) is 50.1. The zero-order valence-corrected chi connectivity index (χ0v) is 38.3. The zero-order valence-electron chi connectivity index (χ0n) is 37.4. The third kappa shape index (κ3) is 29.7. The first-order valence-corrected chi connectivity index (χ1v) is 25.0. The number of aliphatic hydroxyl groups excluding tert-OH is 5. The van der Waals surface area contributed by atoms with Gasteiger partial charge in [0, 0.05) is 12.8 Å². The Kier molecular flexibility index (Phi) is 34.7. The molecule has 1 fully saturated rings. The molecule has 1 saturated carbocycles. The summed E-state index contributed by atoms with van der Waals surface area (Å²) in [6.45, 7) is 3.13. The van der Waals surface area contributed by atoms with E-state index in [1.165, 1.54) is 96.3 Å². The summed E-state index contributed by atoms with van der Waals surface area (Å²) in [4.78, 5) is 35.7. The van der Waals surface area contributed by atoms with Crippen LogP contribution in [0.5, 0.6) is 0 Å². The number of ether oxygens (including phenoxy) is 2. The molecule has 354 valence electrons. The first-order valence-electron chi connectivity index (χ1n) is 23.5. The molecule has 1 aliphatic rings. The lowest BCUT2D eigenvalue weighted by Gasteiger charge is -2.41. The standard InChI is InChI=1S/C47H83O13P/c1-3-5-7-9-11-13-15-17-18-19-20-21-22-24-25-27-29-31-33-35-40(48)57-37-39(38-58-61(55,56)60-47-45(53)43(51)42(50)44(52)46(47)54)59-41(49)36-34-32-30-28-26-23-16-14-12-10-8-6-4-2/h6,8,10,12,14,16,23,26,39,42-47,50-54H,3-5,7,9,11,13,15,17-22,24-25,27-38H2,1-2H3,(H,55,56)/b8-6+,12-10+,16-14+,26-23+/t39?,42?,43-,44?,45?,46?,47?/m0/s1.